The molecule has 0 fully saturated rings. The quantitative estimate of drug-likeness (QED) is 0.456. The van der Waals surface area contributed by atoms with Crippen molar-refractivity contribution in [2.45, 2.75) is 0 Å². The first kappa shape index (κ1) is 36.0. The van der Waals surface area contributed by atoms with Gasteiger partial charge in [0.1, 0.15) is 0 Å². The molecule has 0 rings (SSSR count). The molecule has 0 aromatic carbocycles. The van der Waals surface area contributed by atoms with Crippen LogP contribution in [0.2, 0.25) is 0 Å². The van der Waals surface area contributed by atoms with Gasteiger partial charge in [-0.05, 0) is 0 Å². The average molecular weight is 359 g/mol. The van der Waals surface area contributed by atoms with Crippen LogP contribution in [0.3, 0.4) is 0 Å². The predicted molar refractivity (Wildman–Crippen MR) is 13.3 cm³/mol. The average Bonchev–Trinajstić information content (AvgIpc) is 1.14. The van der Waals surface area contributed by atoms with E-state index >= 15 is 0 Å². The summed E-state index contributed by atoms with van der Waals surface area (Å²) in [6, 6.07) is 0. The fourth-order valence-corrected chi connectivity index (χ4v) is 1.85. The molecule has 0 aliphatic carbocycles. The summed E-state index contributed by atoms with van der Waals surface area (Å²) >= 11 is -11.5. The van der Waals surface area contributed by atoms with Crippen LogP contribution in [0.25, 0.3) is 0 Å². The summed E-state index contributed by atoms with van der Waals surface area (Å²) in [7, 11) is 0. The fourth-order valence-electron chi connectivity index (χ4n) is 0.109. The molecule has 0 atom stereocenters. The molecule has 0 saturated carbocycles. The third kappa shape index (κ3) is 36.8. The summed E-state index contributed by atoms with van der Waals surface area (Å²) in [6.45, 7) is 0. The van der Waals surface area contributed by atoms with Crippen molar-refractivity contribution in [1.82, 2.24) is 0 Å². The van der Waals surface area contributed by atoms with Crippen LogP contribution >= 0.6 is 0 Å². The van der Waals surface area contributed by atoms with Gasteiger partial charge in [0, 0.05) is 0 Å². The van der Waals surface area contributed by atoms with Gasteiger partial charge in [0.05, 0.1) is 0 Å². The molecule has 83 valence electrons. The number of hydrogen-bond acceptors (Lipinski definition) is 5. The van der Waals surface area contributed by atoms with Gasteiger partial charge in [0.2, 0.25) is 0 Å². The summed E-state index contributed by atoms with van der Waals surface area (Å²) in [5, 5.41) is 0. The molecule has 0 bridgehead atoms. The molecule has 4 N–H and O–H groups in total. The van der Waals surface area contributed by atoms with Crippen LogP contribution in [-0.2, 0) is 73.6 Å². The second-order valence-electron chi connectivity index (χ2n) is 0.924. The van der Waals surface area contributed by atoms with Crippen LogP contribution in [0.1, 0.15) is 0 Å². The van der Waals surface area contributed by atoms with E-state index in [4.69, 9.17) is 8.32 Å². The Labute approximate surface area is 136 Å². The summed E-state index contributed by atoms with van der Waals surface area (Å²) in [5.41, 5.74) is 0. The van der Waals surface area contributed by atoms with E-state index in [1.165, 1.54) is 0 Å². The van der Waals surface area contributed by atoms with Crippen LogP contribution in [0.5, 0.6) is 0 Å². The fraction of sp³-hybridized carbons (Fsp3) is 0. The molecule has 14 heavy (non-hydrogen) atoms. The molecule has 0 aromatic rings. The molecule has 0 spiro atoms. The SMILES string of the molecule is O.[Cr+3].[K+].[O-2].[O-2].[O]=[Cr](=[O])([OH])[O][Cr](=[O])(=[O])[OH]. The van der Waals surface area contributed by atoms with Crippen molar-refractivity contribution in [3.63, 3.8) is 0 Å². The standard InChI is InChI=1S/3Cr.K.3H2O.7O/h;;;;3*1H2;;;;;;;/q2*+1;+3;+1;;;;;;;;;2*-2/p-2. The third-order valence-electron chi connectivity index (χ3n) is 0.172. The molecule has 0 aromatic heterocycles. The summed E-state index contributed by atoms with van der Waals surface area (Å²) in [4.78, 5) is 0. The normalized spacial score (nSPS) is 8.71. The Balaban J connectivity index is -0.0000000320. The maximum atomic E-state index is 9.53. The maximum absolute atomic E-state index is 9.53. The first-order valence-electron chi connectivity index (χ1n) is 1.37. The minimum absolute atomic E-state index is 0. The topological polar surface area (TPSA) is 206 Å². The number of hydrogen-bond donors (Lipinski definition) is 2. The van der Waals surface area contributed by atoms with Crippen molar-refractivity contribution in [3.8, 4) is 0 Å². The van der Waals surface area contributed by atoms with Gasteiger partial charge in [0.25, 0.3) is 0 Å². The predicted octanol–water partition coefficient (Wildman–Crippen LogP) is -5.72. The monoisotopic (exact) mass is 359 g/mol. The van der Waals surface area contributed by atoms with Crippen LogP contribution in [0.4, 0.5) is 0 Å². The Hall–Kier alpha value is 2.19. The molecule has 0 aliphatic rings. The molecule has 10 nitrogen and oxygen atoms in total. The van der Waals surface area contributed by atoms with Crippen molar-refractivity contribution >= 4 is 0 Å². The summed E-state index contributed by atoms with van der Waals surface area (Å²) in [6.07, 6.45) is 0. The second kappa shape index (κ2) is 13.3. The summed E-state index contributed by atoms with van der Waals surface area (Å²) < 4.78 is 56.3. The first-order valence-corrected chi connectivity index (χ1v) is 5.63. The van der Waals surface area contributed by atoms with Gasteiger partial charge in [-0.1, -0.05) is 0 Å². The Kier molecular flexibility index (Phi) is 34.1. The zero-order valence-corrected chi connectivity index (χ0v) is 13.4. The van der Waals surface area contributed by atoms with Crippen molar-refractivity contribution in [1.29, 1.82) is 0 Å². The van der Waals surface area contributed by atoms with Gasteiger partial charge in [-0.2, -0.15) is 0 Å². The van der Waals surface area contributed by atoms with Crippen LogP contribution < -0.4 is 51.4 Å². The van der Waals surface area contributed by atoms with Gasteiger partial charge < -0.3 is 16.4 Å². The van der Waals surface area contributed by atoms with E-state index in [-0.39, 0.29) is 85.2 Å². The van der Waals surface area contributed by atoms with E-state index in [1.54, 1.807) is 0 Å². The minimum atomic E-state index is -5.76. The van der Waals surface area contributed by atoms with Gasteiger partial charge in [-0.3, -0.25) is 0 Å². The Morgan fingerprint density at radius 3 is 1.00 bits per heavy atom. The van der Waals surface area contributed by atoms with E-state index < -0.39 is 27.2 Å². The summed E-state index contributed by atoms with van der Waals surface area (Å²) in [5.74, 6) is 0. The van der Waals surface area contributed by atoms with Crippen LogP contribution in [0, 0.1) is 0 Å². The Morgan fingerprint density at radius 2 is 1.00 bits per heavy atom. The van der Waals surface area contributed by atoms with Crippen molar-refractivity contribution < 1.29 is 139 Å². The van der Waals surface area contributed by atoms with Gasteiger partial charge >= 0.3 is 122 Å². The van der Waals surface area contributed by atoms with Gasteiger partial charge in [0.15, 0.2) is 0 Å². The van der Waals surface area contributed by atoms with Crippen LogP contribution in [0.15, 0.2) is 0 Å². The van der Waals surface area contributed by atoms with Crippen molar-refractivity contribution in [2.24, 2.45) is 0 Å². The second-order valence-corrected chi connectivity index (χ2v) is 4.68. The van der Waals surface area contributed by atoms with E-state index in [2.05, 4.69) is 2.84 Å². The molecule has 1 radical (unpaired) electrons. The van der Waals surface area contributed by atoms with Gasteiger partial charge in [-0.25, -0.2) is 0 Å². The van der Waals surface area contributed by atoms with E-state index in [0.29, 0.717) is 0 Å². The zero-order valence-electron chi connectivity index (χ0n) is 6.48. The van der Waals surface area contributed by atoms with E-state index in [1.807, 2.05) is 0 Å². The van der Waals surface area contributed by atoms with E-state index in [0.717, 1.165) is 0 Å². The molecule has 0 unspecified atom stereocenters. The molecular weight excluding hydrogens is 355 g/mol. The Morgan fingerprint density at radius 1 is 0.857 bits per heavy atom. The van der Waals surface area contributed by atoms with Crippen LogP contribution in [-0.4, -0.2) is 13.8 Å². The zero-order chi connectivity index (χ0) is 7.71. The van der Waals surface area contributed by atoms with Crippen molar-refractivity contribution in [3.05, 3.63) is 0 Å². The molecule has 0 saturated heterocycles. The molecule has 0 amide bonds. The molecule has 0 aliphatic heterocycles. The Bertz CT molecular complexity index is 240. The van der Waals surface area contributed by atoms with E-state index in [9.17, 15) is 15.2 Å². The van der Waals surface area contributed by atoms with Crippen molar-refractivity contribution in [2.75, 3.05) is 0 Å². The third-order valence-corrected chi connectivity index (χ3v) is 2.92. The molecule has 14 heteroatoms. The molecular formula is H4Cr3KO10. The first-order chi connectivity index (χ1) is 3.71. The number of rotatable bonds is 2. The molecule has 0 heterocycles. The van der Waals surface area contributed by atoms with Gasteiger partial charge in [-0.15, -0.1) is 0 Å².